The van der Waals surface area contributed by atoms with Crippen LogP contribution in [-0.4, -0.2) is 44.0 Å². The average Bonchev–Trinajstić information content (AvgIpc) is 2.47. The van der Waals surface area contributed by atoms with Crippen LogP contribution in [0.15, 0.2) is 24.3 Å². The molecular weight excluding hydrogens is 308 g/mol. The lowest BCUT2D eigenvalue weighted by molar-refractivity contribution is 0.0632. The molecule has 0 amide bonds. The predicted octanol–water partition coefficient (Wildman–Crippen LogP) is 1.26. The fourth-order valence-corrected chi connectivity index (χ4v) is 3.97. The van der Waals surface area contributed by atoms with E-state index in [-0.39, 0.29) is 11.8 Å². The van der Waals surface area contributed by atoms with Gasteiger partial charge in [-0.05, 0) is 18.4 Å². The second kappa shape index (κ2) is 6.83. The van der Waals surface area contributed by atoms with Gasteiger partial charge in [0.05, 0.1) is 5.75 Å². The van der Waals surface area contributed by atoms with Gasteiger partial charge >= 0.3 is 0 Å². The Hall–Kier alpha value is -1.02. The van der Waals surface area contributed by atoms with Crippen LogP contribution in [0.25, 0.3) is 0 Å². The number of thiocarbonyl (C=S) groups is 1. The molecule has 0 aliphatic carbocycles. The minimum Gasteiger partial charge on any atom is -0.389 e. The highest BCUT2D eigenvalue weighted by Crippen LogP contribution is 2.19. The van der Waals surface area contributed by atoms with Gasteiger partial charge in [0.2, 0.25) is 10.0 Å². The Balaban J connectivity index is 2.07. The van der Waals surface area contributed by atoms with E-state index in [0.29, 0.717) is 18.2 Å². The van der Waals surface area contributed by atoms with Crippen molar-refractivity contribution in [1.82, 2.24) is 4.31 Å². The zero-order valence-corrected chi connectivity index (χ0v) is 13.6. The number of rotatable bonds is 5. The molecular formula is C14H20N2O3S2. The third-order valence-corrected chi connectivity index (χ3v) is 5.84. The second-order valence-corrected chi connectivity index (χ2v) is 7.65. The van der Waals surface area contributed by atoms with Gasteiger partial charge in [-0.1, -0.05) is 36.5 Å². The lowest BCUT2D eigenvalue weighted by atomic mass is 10.1. The van der Waals surface area contributed by atoms with E-state index in [1.807, 2.05) is 0 Å². The molecule has 0 aromatic heterocycles. The predicted molar refractivity (Wildman–Crippen MR) is 86.6 cm³/mol. The third-order valence-electron chi connectivity index (χ3n) is 3.73. The summed E-state index contributed by atoms with van der Waals surface area (Å²) in [5.74, 6) is -0.0154. The van der Waals surface area contributed by atoms with Gasteiger partial charge in [-0.25, -0.2) is 12.7 Å². The number of nitrogens with zero attached hydrogens (tertiary/aromatic N) is 1. The molecule has 2 rings (SSSR count). The van der Waals surface area contributed by atoms with E-state index in [1.54, 1.807) is 31.3 Å². The quantitative estimate of drug-likeness (QED) is 0.824. The maximum Gasteiger partial charge on any atom is 0.218 e. The fourth-order valence-electron chi connectivity index (χ4n) is 2.35. The van der Waals surface area contributed by atoms with E-state index < -0.39 is 10.0 Å². The second-order valence-electron chi connectivity index (χ2n) is 5.18. The van der Waals surface area contributed by atoms with Crippen LogP contribution in [0.1, 0.15) is 24.0 Å². The summed E-state index contributed by atoms with van der Waals surface area (Å²) in [6, 6.07) is 7.04. The van der Waals surface area contributed by atoms with Gasteiger partial charge in [0.15, 0.2) is 0 Å². The summed E-state index contributed by atoms with van der Waals surface area (Å²) in [4.78, 5) is 0.309. The third kappa shape index (κ3) is 4.23. The molecule has 21 heavy (non-hydrogen) atoms. The Morgan fingerprint density at radius 1 is 1.33 bits per heavy atom. The summed E-state index contributed by atoms with van der Waals surface area (Å²) < 4.78 is 31.7. The van der Waals surface area contributed by atoms with E-state index in [2.05, 4.69) is 0 Å². The zero-order chi connectivity index (χ0) is 15.5. The highest BCUT2D eigenvalue weighted by molar-refractivity contribution is 7.88. The average molecular weight is 328 g/mol. The number of sulfonamides is 1. The maximum atomic E-state index is 12.5. The number of hydrogen-bond acceptors (Lipinski definition) is 4. The highest BCUT2D eigenvalue weighted by atomic mass is 32.2. The molecule has 0 saturated carbocycles. The molecule has 0 atom stereocenters. The van der Waals surface area contributed by atoms with Gasteiger partial charge in [0.25, 0.3) is 0 Å². The molecule has 116 valence electrons. The van der Waals surface area contributed by atoms with Gasteiger partial charge in [0.1, 0.15) is 4.99 Å². The first-order chi connectivity index (χ1) is 9.90. The maximum absolute atomic E-state index is 12.5. The van der Waals surface area contributed by atoms with Crippen molar-refractivity contribution >= 4 is 27.2 Å². The molecule has 0 unspecified atom stereocenters. The summed E-state index contributed by atoms with van der Waals surface area (Å²) >= 11 is 4.88. The Bertz CT molecular complexity index is 593. The van der Waals surface area contributed by atoms with Gasteiger partial charge in [-0.15, -0.1) is 0 Å². The van der Waals surface area contributed by atoms with Gasteiger partial charge in [-0.3, -0.25) is 0 Å². The highest BCUT2D eigenvalue weighted by Gasteiger charge is 2.27. The van der Waals surface area contributed by atoms with Crippen LogP contribution >= 0.6 is 12.2 Å². The van der Waals surface area contributed by atoms with Crippen LogP contribution < -0.4 is 5.73 Å². The molecule has 1 saturated heterocycles. The smallest absolute Gasteiger partial charge is 0.218 e. The molecule has 5 nitrogen and oxygen atoms in total. The molecule has 0 radical (unpaired) electrons. The van der Waals surface area contributed by atoms with Crippen LogP contribution in [0.4, 0.5) is 0 Å². The Morgan fingerprint density at radius 3 is 2.43 bits per heavy atom. The Labute approximate surface area is 131 Å². The van der Waals surface area contributed by atoms with Crippen molar-refractivity contribution in [1.29, 1.82) is 0 Å². The van der Waals surface area contributed by atoms with E-state index in [9.17, 15) is 8.42 Å². The van der Waals surface area contributed by atoms with Gasteiger partial charge in [0, 0.05) is 31.9 Å². The SMILES string of the molecule is CN(C1CCOCC1)S(=O)(=O)Cc1ccc(C(N)=S)cc1. The van der Waals surface area contributed by atoms with Crippen LogP contribution in [0.5, 0.6) is 0 Å². The molecule has 0 bridgehead atoms. The summed E-state index contributed by atoms with van der Waals surface area (Å²) in [6.45, 7) is 1.24. The lowest BCUT2D eigenvalue weighted by Crippen LogP contribution is -2.41. The number of nitrogens with two attached hydrogens (primary N) is 1. The van der Waals surface area contributed by atoms with Crippen molar-refractivity contribution < 1.29 is 13.2 Å². The first-order valence-electron chi connectivity index (χ1n) is 6.82. The van der Waals surface area contributed by atoms with Crippen molar-refractivity contribution in [3.63, 3.8) is 0 Å². The standard InChI is InChI=1S/C14H20N2O3S2/c1-16(13-6-8-19-9-7-13)21(17,18)10-11-2-4-12(5-3-11)14(15)20/h2-5,13H,6-10H2,1H3,(H2,15,20). The summed E-state index contributed by atoms with van der Waals surface area (Å²) in [7, 11) is -1.68. The van der Waals surface area contributed by atoms with Crippen molar-refractivity contribution in [2.45, 2.75) is 24.6 Å². The van der Waals surface area contributed by atoms with Crippen LogP contribution in [-0.2, 0) is 20.5 Å². The van der Waals surface area contributed by atoms with Crippen LogP contribution in [0, 0.1) is 0 Å². The Kier molecular flexibility index (Phi) is 5.32. The molecule has 1 aromatic carbocycles. The largest absolute Gasteiger partial charge is 0.389 e. The lowest BCUT2D eigenvalue weighted by Gasteiger charge is -2.30. The van der Waals surface area contributed by atoms with Crippen molar-refractivity contribution in [2.24, 2.45) is 5.73 Å². The van der Waals surface area contributed by atoms with E-state index >= 15 is 0 Å². The number of ether oxygens (including phenoxy) is 1. The minimum absolute atomic E-state index is 0.0154. The van der Waals surface area contributed by atoms with E-state index in [1.165, 1.54) is 4.31 Å². The molecule has 1 heterocycles. The van der Waals surface area contributed by atoms with Crippen LogP contribution in [0.2, 0.25) is 0 Å². The van der Waals surface area contributed by atoms with Crippen molar-refractivity contribution in [2.75, 3.05) is 20.3 Å². The van der Waals surface area contributed by atoms with E-state index in [4.69, 9.17) is 22.7 Å². The normalized spacial score (nSPS) is 17.0. The minimum atomic E-state index is -3.33. The zero-order valence-electron chi connectivity index (χ0n) is 12.0. The van der Waals surface area contributed by atoms with Crippen molar-refractivity contribution in [3.8, 4) is 0 Å². The van der Waals surface area contributed by atoms with Crippen molar-refractivity contribution in [3.05, 3.63) is 35.4 Å². The Morgan fingerprint density at radius 2 is 1.90 bits per heavy atom. The monoisotopic (exact) mass is 328 g/mol. The summed E-state index contributed by atoms with van der Waals surface area (Å²) in [6.07, 6.45) is 1.49. The molecule has 7 heteroatoms. The van der Waals surface area contributed by atoms with Crippen LogP contribution in [0.3, 0.4) is 0 Å². The summed E-state index contributed by atoms with van der Waals surface area (Å²) in [5, 5.41) is 0. The number of benzene rings is 1. The van der Waals surface area contributed by atoms with Gasteiger partial charge < -0.3 is 10.5 Å². The molecule has 1 fully saturated rings. The molecule has 1 aliphatic rings. The molecule has 1 aromatic rings. The molecule has 0 spiro atoms. The molecule has 1 aliphatic heterocycles. The first kappa shape index (κ1) is 16.4. The topological polar surface area (TPSA) is 72.6 Å². The van der Waals surface area contributed by atoms with E-state index in [0.717, 1.165) is 24.0 Å². The number of hydrogen-bond donors (Lipinski definition) is 1. The molecule has 2 N–H and O–H groups in total. The first-order valence-corrected chi connectivity index (χ1v) is 8.84. The fraction of sp³-hybridized carbons (Fsp3) is 0.500. The summed E-state index contributed by atoms with van der Waals surface area (Å²) in [5.41, 5.74) is 7.00. The van der Waals surface area contributed by atoms with Gasteiger partial charge in [-0.2, -0.15) is 0 Å².